The Hall–Kier alpha value is -2.81. The number of anilines is 2. The van der Waals surface area contributed by atoms with E-state index < -0.39 is 0 Å². The van der Waals surface area contributed by atoms with Gasteiger partial charge in [-0.15, -0.1) is 0 Å². The molecule has 3 aromatic rings. The lowest BCUT2D eigenvalue weighted by molar-refractivity contribution is 1.09. The lowest BCUT2D eigenvalue weighted by Crippen LogP contribution is -1.92. The van der Waals surface area contributed by atoms with Gasteiger partial charge in [0.25, 0.3) is 0 Å². The van der Waals surface area contributed by atoms with Crippen LogP contribution in [0.25, 0.3) is 0 Å². The van der Waals surface area contributed by atoms with Crippen LogP contribution in [0.5, 0.6) is 0 Å². The molecule has 0 amide bonds. The van der Waals surface area contributed by atoms with E-state index in [1.807, 2.05) is 24.3 Å². The molecule has 0 bridgehead atoms. The van der Waals surface area contributed by atoms with Crippen LogP contribution in [0.4, 0.5) is 17.3 Å². The summed E-state index contributed by atoms with van der Waals surface area (Å²) in [7, 11) is 0. The van der Waals surface area contributed by atoms with Crippen molar-refractivity contribution in [3.05, 3.63) is 69.7 Å². The smallest absolute Gasteiger partial charge is 0.172 e. The molecule has 7 heteroatoms. The Bertz CT molecular complexity index is 923. The lowest BCUT2D eigenvalue weighted by atomic mass is 10.2. The van der Waals surface area contributed by atoms with Gasteiger partial charge >= 0.3 is 0 Å². The van der Waals surface area contributed by atoms with E-state index in [4.69, 9.17) is 23.2 Å². The highest BCUT2D eigenvalue weighted by Gasteiger charge is 2.12. The molecule has 0 aliphatic heterocycles. The Morgan fingerprint density at radius 1 is 1.12 bits per heavy atom. The number of H-pyrrole nitrogens is 1. The molecular weight excluding hydrogens is 345 g/mol. The Morgan fingerprint density at radius 2 is 1.92 bits per heavy atom. The lowest BCUT2D eigenvalue weighted by Gasteiger charge is -2.03. The molecule has 5 nitrogen and oxygen atoms in total. The summed E-state index contributed by atoms with van der Waals surface area (Å²) in [6, 6.07) is 16.5. The first kappa shape index (κ1) is 16.1. The highest BCUT2D eigenvalue weighted by molar-refractivity contribution is 6.31. The van der Waals surface area contributed by atoms with Gasteiger partial charge in [-0.2, -0.15) is 10.4 Å². The molecule has 0 spiro atoms. The minimum absolute atomic E-state index is 0.320. The molecule has 118 valence electrons. The average molecular weight is 356 g/mol. The first-order valence-electron chi connectivity index (χ1n) is 6.96. The summed E-state index contributed by atoms with van der Waals surface area (Å²) >= 11 is 11.8. The Balaban J connectivity index is 1.84. The molecular formula is C17H11Cl2N5. The maximum Gasteiger partial charge on any atom is 0.172 e. The number of hydrogen-bond donors (Lipinski definition) is 2. The number of aliphatic imine (C=N–C) groups is 1. The van der Waals surface area contributed by atoms with Crippen LogP contribution in [0.3, 0.4) is 0 Å². The van der Waals surface area contributed by atoms with Crippen LogP contribution in [0.1, 0.15) is 11.1 Å². The minimum Gasteiger partial charge on any atom is -0.338 e. The van der Waals surface area contributed by atoms with Gasteiger partial charge in [0, 0.05) is 21.9 Å². The van der Waals surface area contributed by atoms with E-state index >= 15 is 0 Å². The third-order valence-electron chi connectivity index (χ3n) is 3.16. The zero-order valence-corrected chi connectivity index (χ0v) is 13.8. The number of nitriles is 1. The SMILES string of the molecule is N#Cc1c(Nc2cccc(Cl)c2)n[nH]c1/N=C/c1ccc(Cl)cc1. The van der Waals surface area contributed by atoms with Crippen LogP contribution in [0.15, 0.2) is 53.5 Å². The van der Waals surface area contributed by atoms with Crippen molar-refractivity contribution in [2.24, 2.45) is 4.99 Å². The van der Waals surface area contributed by atoms with Gasteiger partial charge in [0.15, 0.2) is 11.6 Å². The van der Waals surface area contributed by atoms with Gasteiger partial charge < -0.3 is 5.32 Å². The molecule has 24 heavy (non-hydrogen) atoms. The Labute approximate surface area is 148 Å². The molecule has 0 saturated heterocycles. The van der Waals surface area contributed by atoms with Crippen molar-refractivity contribution >= 4 is 46.7 Å². The molecule has 0 unspecified atom stereocenters. The zero-order valence-electron chi connectivity index (χ0n) is 12.3. The van der Waals surface area contributed by atoms with Crippen LogP contribution >= 0.6 is 23.2 Å². The van der Waals surface area contributed by atoms with Gasteiger partial charge in [-0.05, 0) is 35.9 Å². The number of nitrogens with zero attached hydrogens (tertiary/aromatic N) is 3. The van der Waals surface area contributed by atoms with Crippen LogP contribution in [0, 0.1) is 11.3 Å². The van der Waals surface area contributed by atoms with Gasteiger partial charge in [-0.25, -0.2) is 4.99 Å². The monoisotopic (exact) mass is 355 g/mol. The maximum absolute atomic E-state index is 9.39. The first-order valence-corrected chi connectivity index (χ1v) is 7.72. The van der Waals surface area contributed by atoms with Gasteiger partial charge in [-0.1, -0.05) is 41.4 Å². The topological polar surface area (TPSA) is 76.9 Å². The number of hydrogen-bond acceptors (Lipinski definition) is 4. The van der Waals surface area contributed by atoms with Gasteiger partial charge in [0.2, 0.25) is 0 Å². The molecule has 0 aliphatic rings. The van der Waals surface area contributed by atoms with Gasteiger partial charge in [-0.3, -0.25) is 5.10 Å². The molecule has 0 radical (unpaired) electrons. The molecule has 1 heterocycles. The number of aromatic amines is 1. The number of aromatic nitrogens is 2. The van der Waals surface area contributed by atoms with E-state index in [2.05, 4.69) is 26.6 Å². The second-order valence-electron chi connectivity index (χ2n) is 4.85. The molecule has 0 saturated carbocycles. The predicted octanol–water partition coefficient (Wildman–Crippen LogP) is 5.08. The van der Waals surface area contributed by atoms with Gasteiger partial charge in [0.1, 0.15) is 11.6 Å². The standard InChI is InChI=1S/C17H11Cl2N5/c18-12-6-4-11(5-7-12)10-21-16-15(9-20)17(24-23-16)22-14-3-1-2-13(19)8-14/h1-8,10H,(H2,22,23,24)/b21-10+. The molecule has 2 N–H and O–H groups in total. The summed E-state index contributed by atoms with van der Waals surface area (Å²) in [6.07, 6.45) is 1.63. The molecule has 2 aromatic carbocycles. The number of halogens is 2. The summed E-state index contributed by atoms with van der Waals surface area (Å²) in [4.78, 5) is 4.28. The maximum atomic E-state index is 9.39. The Morgan fingerprint density at radius 3 is 2.62 bits per heavy atom. The fraction of sp³-hybridized carbons (Fsp3) is 0. The quantitative estimate of drug-likeness (QED) is 0.640. The number of benzene rings is 2. The van der Waals surface area contributed by atoms with Crippen molar-refractivity contribution < 1.29 is 0 Å². The third-order valence-corrected chi connectivity index (χ3v) is 3.65. The van der Waals surface area contributed by atoms with Gasteiger partial charge in [0.05, 0.1) is 0 Å². The fourth-order valence-corrected chi connectivity index (χ4v) is 2.33. The second kappa shape index (κ2) is 7.18. The van der Waals surface area contributed by atoms with Crippen molar-refractivity contribution in [2.75, 3.05) is 5.32 Å². The first-order chi connectivity index (χ1) is 11.7. The van der Waals surface area contributed by atoms with E-state index in [0.717, 1.165) is 11.3 Å². The van der Waals surface area contributed by atoms with Crippen LogP contribution in [-0.4, -0.2) is 16.4 Å². The number of rotatable bonds is 4. The molecule has 1 aromatic heterocycles. The third kappa shape index (κ3) is 3.74. The minimum atomic E-state index is 0.320. The van der Waals surface area contributed by atoms with Crippen molar-refractivity contribution in [3.8, 4) is 6.07 Å². The zero-order chi connectivity index (χ0) is 16.9. The summed E-state index contributed by atoms with van der Waals surface area (Å²) in [5, 5.41) is 20.5. The largest absolute Gasteiger partial charge is 0.338 e. The summed E-state index contributed by atoms with van der Waals surface area (Å²) in [5.41, 5.74) is 1.92. The van der Waals surface area contributed by atoms with Crippen molar-refractivity contribution in [3.63, 3.8) is 0 Å². The van der Waals surface area contributed by atoms with E-state index in [0.29, 0.717) is 27.2 Å². The summed E-state index contributed by atoms with van der Waals surface area (Å²) in [6.45, 7) is 0. The highest BCUT2D eigenvalue weighted by atomic mass is 35.5. The second-order valence-corrected chi connectivity index (χ2v) is 5.73. The van der Waals surface area contributed by atoms with E-state index in [1.165, 1.54) is 0 Å². The molecule has 0 aliphatic carbocycles. The van der Waals surface area contributed by atoms with Crippen molar-refractivity contribution in [2.45, 2.75) is 0 Å². The summed E-state index contributed by atoms with van der Waals surface area (Å²) in [5.74, 6) is 0.764. The van der Waals surface area contributed by atoms with Crippen LogP contribution in [0.2, 0.25) is 10.0 Å². The van der Waals surface area contributed by atoms with Crippen molar-refractivity contribution in [1.29, 1.82) is 5.26 Å². The predicted molar refractivity (Wildman–Crippen MR) is 96.7 cm³/mol. The molecule has 0 atom stereocenters. The fourth-order valence-electron chi connectivity index (χ4n) is 2.01. The van der Waals surface area contributed by atoms with Crippen LogP contribution < -0.4 is 5.32 Å². The van der Waals surface area contributed by atoms with Crippen LogP contribution in [-0.2, 0) is 0 Å². The molecule has 3 rings (SSSR count). The number of nitrogens with one attached hydrogen (secondary N) is 2. The normalized spacial score (nSPS) is 10.7. The van der Waals surface area contributed by atoms with Crippen molar-refractivity contribution in [1.82, 2.24) is 10.2 Å². The molecule has 0 fully saturated rings. The highest BCUT2D eigenvalue weighted by Crippen LogP contribution is 2.26. The van der Waals surface area contributed by atoms with E-state index in [-0.39, 0.29) is 0 Å². The average Bonchev–Trinajstić information content (AvgIpc) is 2.96. The Kier molecular flexibility index (Phi) is 4.80. The summed E-state index contributed by atoms with van der Waals surface area (Å²) < 4.78 is 0. The van der Waals surface area contributed by atoms with E-state index in [9.17, 15) is 5.26 Å². The van der Waals surface area contributed by atoms with E-state index in [1.54, 1.807) is 30.5 Å².